The second kappa shape index (κ2) is 19.3. The Kier molecular flexibility index (Phi) is 19.3. The van der Waals surface area contributed by atoms with E-state index < -0.39 is 0 Å². The first-order valence-corrected chi connectivity index (χ1v) is 19.0. The van der Waals surface area contributed by atoms with Crippen LogP contribution in [0.3, 0.4) is 0 Å². The Bertz CT molecular complexity index is 759. The second-order valence-corrected chi connectivity index (χ2v) is 16.9. The molecule has 6 bridgehead atoms. The molecule has 9 heteroatoms. The van der Waals surface area contributed by atoms with Crippen LogP contribution in [0.25, 0.3) is 0 Å². The molecule has 4 rings (SSSR count). The van der Waals surface area contributed by atoms with Crippen molar-refractivity contribution in [3.8, 4) is 0 Å². The van der Waals surface area contributed by atoms with E-state index in [9.17, 15) is 0 Å². The summed E-state index contributed by atoms with van der Waals surface area (Å²) in [4.78, 5) is 14.0. The minimum absolute atomic E-state index is 0. The van der Waals surface area contributed by atoms with Crippen molar-refractivity contribution in [3.63, 3.8) is 0 Å². The summed E-state index contributed by atoms with van der Waals surface area (Å²) in [7, 11) is 0.241. The third-order valence-electron chi connectivity index (χ3n) is 2.72. The van der Waals surface area contributed by atoms with Gasteiger partial charge < -0.3 is 6.92 Å². The number of hydrogen-bond acceptors (Lipinski definition) is 6. The van der Waals surface area contributed by atoms with Gasteiger partial charge in [-0.1, -0.05) is 60.4 Å². The summed E-state index contributed by atoms with van der Waals surface area (Å²) in [6.45, 7) is 19.1. The van der Waals surface area contributed by atoms with Gasteiger partial charge in [0.1, 0.15) is 30.2 Å². The van der Waals surface area contributed by atoms with E-state index in [0.717, 1.165) is 36.6 Å². The topological polar surface area (TPSA) is 38.7 Å². The van der Waals surface area contributed by atoms with Gasteiger partial charge in [0.15, 0.2) is 0 Å². The molecule has 0 aliphatic carbocycles. The van der Waals surface area contributed by atoms with Gasteiger partial charge in [0.2, 0.25) is 0 Å². The Labute approximate surface area is 230 Å². The number of rotatable bonds is 0. The predicted octanol–water partition coefficient (Wildman–Crippen LogP) is 8.05. The summed E-state index contributed by atoms with van der Waals surface area (Å²) in [6.07, 6.45) is 1.00. The van der Waals surface area contributed by atoms with E-state index in [1.165, 1.54) is 0 Å². The van der Waals surface area contributed by atoms with Crippen LogP contribution in [0.15, 0.2) is 84.8 Å². The summed E-state index contributed by atoms with van der Waals surface area (Å²) in [5.74, 6) is 0. The zero-order valence-electron chi connectivity index (χ0n) is 20.6. The minimum atomic E-state index is 0. The number of aromatic nitrogens is 3. The van der Waals surface area contributed by atoms with E-state index in [0.29, 0.717) is 0 Å². The Morgan fingerprint density at radius 3 is 0.879 bits per heavy atom. The van der Waals surface area contributed by atoms with Gasteiger partial charge in [0, 0.05) is 61.1 Å². The zero-order valence-corrected chi connectivity index (χ0v) is 27.0. The molecule has 4 heterocycles. The fourth-order valence-electron chi connectivity index (χ4n) is 1.85. The van der Waals surface area contributed by atoms with Crippen LogP contribution in [0.5, 0.6) is 0 Å². The average molecular weight is 621 g/mol. The molecule has 3 aromatic heterocycles. The molecule has 1 aliphatic rings. The van der Waals surface area contributed by atoms with Crippen molar-refractivity contribution in [3.05, 3.63) is 61.5 Å². The van der Waals surface area contributed by atoms with Crippen molar-refractivity contribution in [2.75, 3.05) is 40.0 Å². The van der Waals surface area contributed by atoms with Gasteiger partial charge in [-0.15, -0.1) is 0 Å². The van der Waals surface area contributed by atoms with Gasteiger partial charge in [0.05, 0.1) is 0 Å². The van der Waals surface area contributed by atoms with E-state index in [2.05, 4.69) is 61.9 Å². The fourth-order valence-corrected chi connectivity index (χ4v) is 4.41. The van der Waals surface area contributed by atoms with Crippen molar-refractivity contribution >= 4 is 51.1 Å². The maximum atomic E-state index is 4.65. The standard InChI is InChI=1S/C15H9N3S3.2C3H9P.C3H7.Mo/c1-4-10-16-11(5-1)20-13-7-3-9-15(18-13)21-14-8-2-6-12(17-14)19-10;2*1-4(2)3;1-3-2;/h1-9H;2*1-3H3;1,3H2,2H3;/q;;;-1;/p+2. The van der Waals surface area contributed by atoms with Gasteiger partial charge in [-0.05, 0) is 52.2 Å². The van der Waals surface area contributed by atoms with E-state index in [1.54, 1.807) is 35.3 Å². The molecule has 0 spiro atoms. The summed E-state index contributed by atoms with van der Waals surface area (Å²) >= 11 is 4.75. The Balaban J connectivity index is 0.000000728. The van der Waals surface area contributed by atoms with Crippen molar-refractivity contribution in [1.29, 1.82) is 0 Å². The average Bonchev–Trinajstić information content (AvgIpc) is 2.68. The first kappa shape index (κ1) is 33.0. The fraction of sp³-hybridized carbons (Fsp3) is 0.333. The van der Waals surface area contributed by atoms with Crippen molar-refractivity contribution in [2.45, 2.75) is 43.5 Å². The van der Waals surface area contributed by atoms with Crippen LogP contribution in [0.4, 0.5) is 0 Å². The molecule has 180 valence electrons. The summed E-state index contributed by atoms with van der Waals surface area (Å²) in [5.41, 5.74) is 0. The number of hydrogen-bond donors (Lipinski definition) is 0. The van der Waals surface area contributed by atoms with E-state index >= 15 is 0 Å². The molecule has 0 radical (unpaired) electrons. The summed E-state index contributed by atoms with van der Waals surface area (Å²) in [6, 6.07) is 18.1. The molecule has 0 fully saturated rings. The van der Waals surface area contributed by atoms with E-state index in [-0.39, 0.29) is 36.9 Å². The molecule has 0 aromatic carbocycles. The van der Waals surface area contributed by atoms with Crippen LogP contribution < -0.4 is 0 Å². The van der Waals surface area contributed by atoms with Crippen LogP contribution in [-0.2, 0) is 21.1 Å². The number of nitrogens with zero attached hydrogens (tertiary/aromatic N) is 3. The molecule has 3 aromatic rings. The monoisotopic (exact) mass is 622 g/mol. The molecule has 0 N–H and O–H groups in total. The molecule has 0 saturated heterocycles. The van der Waals surface area contributed by atoms with Crippen LogP contribution >= 0.6 is 51.1 Å². The van der Waals surface area contributed by atoms with Crippen molar-refractivity contribution in [2.24, 2.45) is 0 Å². The third-order valence-corrected chi connectivity index (χ3v) is 5.34. The molecular weight excluding hydrogens is 584 g/mol. The minimum Gasteiger partial charge on any atom is -0.344 e. The van der Waals surface area contributed by atoms with Crippen molar-refractivity contribution in [1.82, 2.24) is 15.0 Å². The van der Waals surface area contributed by atoms with Crippen LogP contribution in [0.2, 0.25) is 0 Å². The molecule has 1 aliphatic heterocycles. The molecule has 0 unspecified atom stereocenters. The molecule has 0 atom stereocenters. The van der Waals surface area contributed by atoms with Gasteiger partial charge >= 0.3 is 0 Å². The Hall–Kier alpha value is 0.0483. The van der Waals surface area contributed by atoms with Gasteiger partial charge in [-0.25, -0.2) is 15.0 Å². The van der Waals surface area contributed by atoms with Crippen LogP contribution in [-0.4, -0.2) is 54.9 Å². The number of fused-ring (bicyclic) bond motifs is 6. The van der Waals surface area contributed by atoms with Crippen LogP contribution in [0, 0.1) is 6.92 Å². The van der Waals surface area contributed by atoms with Gasteiger partial charge in [-0.3, -0.25) is 0 Å². The SMILES string of the molecule is C[PH+](C)C.C[PH+](C)C.[CH2-]CC.[Mo].c1cc2nc(c1)Sc1cccc(n1)Sc1cccc(n1)S2. The first-order chi connectivity index (χ1) is 15.2. The second-order valence-electron chi connectivity index (χ2n) is 7.75. The predicted molar refractivity (Wildman–Crippen MR) is 153 cm³/mol. The van der Waals surface area contributed by atoms with E-state index in [4.69, 9.17) is 0 Å². The largest absolute Gasteiger partial charge is 0.344 e. The molecular formula is C24H36MoN3P2S3+. The summed E-state index contributed by atoms with van der Waals surface area (Å²) < 4.78 is 0. The van der Waals surface area contributed by atoms with E-state index in [1.807, 2.05) is 61.5 Å². The molecule has 33 heavy (non-hydrogen) atoms. The Morgan fingerprint density at radius 1 is 0.576 bits per heavy atom. The smallest absolute Gasteiger partial charge is 0.104 e. The third kappa shape index (κ3) is 16.4. The Morgan fingerprint density at radius 2 is 0.727 bits per heavy atom. The first-order valence-electron chi connectivity index (χ1n) is 10.5. The molecule has 0 amide bonds. The quantitative estimate of drug-likeness (QED) is 0.113. The van der Waals surface area contributed by atoms with Crippen LogP contribution in [0.1, 0.15) is 13.3 Å². The molecule has 0 saturated carbocycles. The molecule has 3 nitrogen and oxygen atoms in total. The maximum absolute atomic E-state index is 4.65. The number of pyridine rings is 3. The summed E-state index contributed by atoms with van der Waals surface area (Å²) in [5, 5.41) is 5.70. The van der Waals surface area contributed by atoms with Gasteiger partial charge in [-0.2, -0.15) is 6.42 Å². The van der Waals surface area contributed by atoms with Gasteiger partial charge in [0.25, 0.3) is 0 Å². The maximum Gasteiger partial charge on any atom is 0.104 e. The van der Waals surface area contributed by atoms with Crippen molar-refractivity contribution < 1.29 is 21.1 Å². The normalized spacial score (nSPS) is 11.1. The zero-order chi connectivity index (χ0) is 23.9.